The van der Waals surface area contributed by atoms with Crippen molar-refractivity contribution in [2.24, 2.45) is 0 Å². The van der Waals surface area contributed by atoms with E-state index >= 15 is 0 Å². The number of amides is 3. The van der Waals surface area contributed by atoms with Crippen LogP contribution < -0.4 is 21.3 Å². The van der Waals surface area contributed by atoms with E-state index in [-0.39, 0.29) is 22.8 Å². The molecule has 0 spiro atoms. The number of aliphatic hydroxyl groups is 1. The maximum atomic E-state index is 13.9. The zero-order valence-corrected chi connectivity index (χ0v) is 17.4. The van der Waals surface area contributed by atoms with Gasteiger partial charge in [-0.25, -0.2) is 9.18 Å². The highest BCUT2D eigenvalue weighted by Crippen LogP contribution is 2.41. The summed E-state index contributed by atoms with van der Waals surface area (Å²) in [5.74, 6) is -0.911. The predicted molar refractivity (Wildman–Crippen MR) is 119 cm³/mol. The molecule has 7 nitrogen and oxygen atoms in total. The molecule has 0 saturated carbocycles. The monoisotopic (exact) mass is 452 g/mol. The number of nitrogen functional groups attached to an aromatic ring is 1. The fourth-order valence-corrected chi connectivity index (χ4v) is 4.51. The van der Waals surface area contributed by atoms with E-state index in [2.05, 4.69) is 10.6 Å². The molecule has 9 heteroatoms. The van der Waals surface area contributed by atoms with Crippen molar-refractivity contribution in [3.8, 4) is 0 Å². The van der Waals surface area contributed by atoms with E-state index in [4.69, 9.17) is 17.3 Å². The number of halogens is 2. The van der Waals surface area contributed by atoms with E-state index in [1.807, 2.05) is 0 Å². The molecule has 5 N–H and O–H groups in total. The van der Waals surface area contributed by atoms with Crippen LogP contribution >= 0.6 is 11.6 Å². The molecule has 3 amide bonds. The first-order chi connectivity index (χ1) is 15.3. The molecule has 0 aromatic heterocycles. The summed E-state index contributed by atoms with van der Waals surface area (Å²) in [5, 5.41) is 16.2. The minimum atomic E-state index is -0.800. The largest absolute Gasteiger partial charge is 0.399 e. The Morgan fingerprint density at radius 2 is 1.97 bits per heavy atom. The van der Waals surface area contributed by atoms with Gasteiger partial charge in [-0.15, -0.1) is 0 Å². The molecule has 32 heavy (non-hydrogen) atoms. The van der Waals surface area contributed by atoms with Crippen LogP contribution in [0.4, 0.5) is 26.2 Å². The van der Waals surface area contributed by atoms with Crippen molar-refractivity contribution < 1.29 is 19.1 Å². The van der Waals surface area contributed by atoms with Gasteiger partial charge in [-0.1, -0.05) is 29.8 Å². The van der Waals surface area contributed by atoms with E-state index in [0.29, 0.717) is 28.1 Å². The van der Waals surface area contributed by atoms with Crippen LogP contribution in [0, 0.1) is 5.82 Å². The van der Waals surface area contributed by atoms with Crippen LogP contribution in [0.15, 0.2) is 54.6 Å². The zero-order valence-electron chi connectivity index (χ0n) is 16.6. The maximum Gasteiger partial charge on any atom is 0.326 e. The highest BCUT2D eigenvalue weighted by molar-refractivity contribution is 6.31. The van der Waals surface area contributed by atoms with Crippen molar-refractivity contribution in [2.75, 3.05) is 22.5 Å². The van der Waals surface area contributed by atoms with Gasteiger partial charge in [-0.2, -0.15) is 0 Å². The molecule has 2 aliphatic rings. The molecular weight excluding hydrogens is 435 g/mol. The molecule has 5 rings (SSSR count). The average Bonchev–Trinajstić information content (AvgIpc) is 3.27. The van der Waals surface area contributed by atoms with Crippen LogP contribution in [0.2, 0.25) is 5.02 Å². The summed E-state index contributed by atoms with van der Waals surface area (Å²) in [7, 11) is 0. The molecule has 162 valence electrons. The second-order valence-electron chi connectivity index (χ2n) is 7.72. The smallest absolute Gasteiger partial charge is 0.326 e. The average molecular weight is 453 g/mol. The topological polar surface area (TPSA) is 108 Å². The number of hydrogen-bond acceptors (Lipinski definition) is 4. The number of fused-ring (bicyclic) bond motifs is 2. The molecule has 2 heterocycles. The Bertz CT molecular complexity index is 1280. The van der Waals surface area contributed by atoms with Gasteiger partial charge in [0, 0.05) is 33.0 Å². The third-order valence-corrected chi connectivity index (χ3v) is 6.05. The fourth-order valence-electron chi connectivity index (χ4n) is 4.29. The zero-order chi connectivity index (χ0) is 22.6. The van der Waals surface area contributed by atoms with E-state index in [1.54, 1.807) is 24.3 Å². The van der Waals surface area contributed by atoms with Crippen molar-refractivity contribution in [1.82, 2.24) is 5.32 Å². The number of urea groups is 1. The normalized spacial score (nSPS) is 18.8. The summed E-state index contributed by atoms with van der Waals surface area (Å²) < 4.78 is 13.9. The molecule has 0 unspecified atom stereocenters. The van der Waals surface area contributed by atoms with Crippen LogP contribution in [0.3, 0.4) is 0 Å². The van der Waals surface area contributed by atoms with Crippen LogP contribution in [-0.4, -0.2) is 23.6 Å². The second-order valence-corrected chi connectivity index (χ2v) is 8.12. The maximum absolute atomic E-state index is 13.9. The number of nitrogens with one attached hydrogen (secondary N) is 2. The quantitative estimate of drug-likeness (QED) is 0.441. The number of β-amino-alcohol motifs (C(OH)–C–C–N with tert-alkyl or cyclic N) is 1. The Hall–Kier alpha value is -3.62. The number of benzene rings is 3. The van der Waals surface area contributed by atoms with Gasteiger partial charge in [0.1, 0.15) is 5.82 Å². The molecule has 0 fully saturated rings. The molecule has 2 atom stereocenters. The van der Waals surface area contributed by atoms with Crippen LogP contribution in [0.1, 0.15) is 39.2 Å². The summed E-state index contributed by atoms with van der Waals surface area (Å²) in [5.41, 5.74) is 8.89. The van der Waals surface area contributed by atoms with Crippen LogP contribution in [0.25, 0.3) is 0 Å². The lowest BCUT2D eigenvalue weighted by molar-refractivity contribution is 0.0960. The molecule has 0 bridgehead atoms. The molecule has 2 aliphatic heterocycles. The molecule has 3 aromatic carbocycles. The Labute approximate surface area is 187 Å². The van der Waals surface area contributed by atoms with Crippen molar-refractivity contribution in [3.63, 3.8) is 0 Å². The number of aliphatic hydroxyl groups excluding tert-OH is 1. The molecule has 0 radical (unpaired) electrons. The first kappa shape index (κ1) is 20.3. The van der Waals surface area contributed by atoms with Gasteiger partial charge in [-0.05, 0) is 36.4 Å². The van der Waals surface area contributed by atoms with Gasteiger partial charge < -0.3 is 21.5 Å². The lowest BCUT2D eigenvalue weighted by Gasteiger charge is -2.22. The number of para-hydroxylation sites is 1. The van der Waals surface area contributed by atoms with Crippen molar-refractivity contribution in [3.05, 3.63) is 87.7 Å². The van der Waals surface area contributed by atoms with E-state index in [1.165, 1.54) is 35.2 Å². The first-order valence-electron chi connectivity index (χ1n) is 9.88. The Morgan fingerprint density at radius 1 is 1.19 bits per heavy atom. The Kier molecular flexibility index (Phi) is 4.76. The third kappa shape index (κ3) is 3.24. The Morgan fingerprint density at radius 3 is 2.78 bits per heavy atom. The van der Waals surface area contributed by atoms with E-state index in [9.17, 15) is 19.1 Å². The number of anilines is 3. The second kappa shape index (κ2) is 7.51. The number of nitrogens with two attached hydrogens (primary N) is 1. The standard InChI is InChI=1S/C23H18ClFN4O3/c24-16-6-5-11(25)7-14(16)21-20-15(22(31)28-21)8-12(26)9-17(20)27-23(32)29-10-19(30)13-3-1-2-4-18(13)29/h1-9,19,21,30H,10,26H2,(H,27,32)(H,28,31)/t19-,21-/m0/s1. The minimum Gasteiger partial charge on any atom is -0.399 e. The van der Waals surface area contributed by atoms with Gasteiger partial charge in [-0.3, -0.25) is 9.69 Å². The van der Waals surface area contributed by atoms with Gasteiger partial charge in [0.05, 0.1) is 30.1 Å². The van der Waals surface area contributed by atoms with E-state index < -0.39 is 29.9 Å². The lowest BCUT2D eigenvalue weighted by atomic mass is 9.95. The number of nitrogens with zero attached hydrogens (tertiary/aromatic N) is 1. The summed E-state index contributed by atoms with van der Waals surface area (Å²) in [4.78, 5) is 27.2. The third-order valence-electron chi connectivity index (χ3n) is 5.71. The summed E-state index contributed by atoms with van der Waals surface area (Å²) in [6.07, 6.45) is -0.800. The van der Waals surface area contributed by atoms with E-state index in [0.717, 1.165) is 0 Å². The van der Waals surface area contributed by atoms with Gasteiger partial charge in [0.2, 0.25) is 0 Å². The highest BCUT2D eigenvalue weighted by Gasteiger charge is 2.36. The SMILES string of the molecule is Nc1cc(NC(=O)N2C[C@H](O)c3ccccc32)c2c(c1)C(=O)N[C@H]2c1cc(F)ccc1Cl. The summed E-state index contributed by atoms with van der Waals surface area (Å²) in [6, 6.07) is 12.7. The number of carbonyl (C=O) groups excluding carboxylic acids is 2. The number of hydrogen-bond donors (Lipinski definition) is 4. The number of rotatable bonds is 2. The molecule has 0 saturated heterocycles. The molecule has 3 aromatic rings. The van der Waals surface area contributed by atoms with Crippen molar-refractivity contribution >= 4 is 40.6 Å². The molecular formula is C23H18ClFN4O3. The first-order valence-corrected chi connectivity index (χ1v) is 10.3. The van der Waals surface area contributed by atoms with Gasteiger partial charge >= 0.3 is 6.03 Å². The predicted octanol–water partition coefficient (Wildman–Crippen LogP) is 3.98. The lowest BCUT2D eigenvalue weighted by Crippen LogP contribution is -2.34. The fraction of sp³-hybridized carbons (Fsp3) is 0.130. The van der Waals surface area contributed by atoms with Gasteiger partial charge in [0.25, 0.3) is 5.91 Å². The highest BCUT2D eigenvalue weighted by atomic mass is 35.5. The summed E-state index contributed by atoms with van der Waals surface area (Å²) in [6.45, 7) is 0.0893. The van der Waals surface area contributed by atoms with Crippen molar-refractivity contribution in [2.45, 2.75) is 12.1 Å². The number of carbonyl (C=O) groups is 2. The minimum absolute atomic E-state index is 0.0893. The van der Waals surface area contributed by atoms with Crippen LogP contribution in [0.5, 0.6) is 0 Å². The molecule has 0 aliphatic carbocycles. The van der Waals surface area contributed by atoms with Gasteiger partial charge in [0.15, 0.2) is 0 Å². The van der Waals surface area contributed by atoms with Crippen molar-refractivity contribution in [1.29, 1.82) is 0 Å². The summed E-state index contributed by atoms with van der Waals surface area (Å²) >= 11 is 6.29. The van der Waals surface area contributed by atoms with Crippen LogP contribution in [-0.2, 0) is 0 Å². The Balaban J connectivity index is 1.55.